The van der Waals surface area contributed by atoms with Gasteiger partial charge >= 0.3 is 0 Å². The van der Waals surface area contributed by atoms with Gasteiger partial charge in [0, 0.05) is 18.2 Å². The molecule has 0 aromatic carbocycles. The summed E-state index contributed by atoms with van der Waals surface area (Å²) in [5, 5.41) is 0. The standard InChI is InChI=1S/C9H12N.ClH/c1-3-9-7-5-6-8-10(9)4-2;/h3,5-8H,1,4H2,2H3;1H/q+1;/p-1. The molecule has 1 heterocycles. The second-order valence-electron chi connectivity index (χ2n) is 2.12. The Kier molecular flexibility index (Phi) is 4.55. The molecule has 0 unspecified atom stereocenters. The molecule has 0 aliphatic carbocycles. The zero-order chi connectivity index (χ0) is 7.40. The quantitative estimate of drug-likeness (QED) is 0.482. The van der Waals surface area contributed by atoms with Crippen LogP contribution in [0, 0.1) is 0 Å². The minimum Gasteiger partial charge on any atom is -1.00 e. The van der Waals surface area contributed by atoms with Crippen LogP contribution in [0.5, 0.6) is 0 Å². The molecule has 0 radical (unpaired) electrons. The van der Waals surface area contributed by atoms with E-state index in [1.165, 1.54) is 5.69 Å². The molecule has 0 N–H and O–H groups in total. The summed E-state index contributed by atoms with van der Waals surface area (Å²) in [6.45, 7) is 6.84. The number of hydrogen-bond acceptors (Lipinski definition) is 0. The molecular weight excluding hydrogens is 158 g/mol. The van der Waals surface area contributed by atoms with Gasteiger partial charge in [-0.05, 0) is 13.0 Å². The van der Waals surface area contributed by atoms with Gasteiger partial charge in [0.25, 0.3) is 0 Å². The van der Waals surface area contributed by atoms with Crippen molar-refractivity contribution in [1.29, 1.82) is 0 Å². The Morgan fingerprint density at radius 1 is 1.55 bits per heavy atom. The predicted molar refractivity (Wildman–Crippen MR) is 42.4 cm³/mol. The Hall–Kier alpha value is -0.820. The van der Waals surface area contributed by atoms with E-state index in [9.17, 15) is 0 Å². The fourth-order valence-electron chi connectivity index (χ4n) is 0.963. The molecule has 0 spiro atoms. The molecule has 1 aromatic rings. The zero-order valence-corrected chi connectivity index (χ0v) is 7.38. The van der Waals surface area contributed by atoms with E-state index < -0.39 is 0 Å². The minimum absolute atomic E-state index is 0. The largest absolute Gasteiger partial charge is 1.00 e. The number of aryl methyl sites for hydroxylation is 1. The molecule has 0 atom stereocenters. The van der Waals surface area contributed by atoms with Crippen molar-refractivity contribution in [2.45, 2.75) is 13.5 Å². The summed E-state index contributed by atoms with van der Waals surface area (Å²) in [4.78, 5) is 0. The second kappa shape index (κ2) is 4.91. The van der Waals surface area contributed by atoms with E-state index in [2.05, 4.69) is 30.3 Å². The number of rotatable bonds is 2. The molecular formula is C9H12ClN. The summed E-state index contributed by atoms with van der Waals surface area (Å²) in [5.41, 5.74) is 1.17. The molecule has 1 rings (SSSR count). The van der Waals surface area contributed by atoms with Crippen LogP contribution >= 0.6 is 0 Å². The van der Waals surface area contributed by atoms with Crippen molar-refractivity contribution in [2.24, 2.45) is 0 Å². The molecule has 0 saturated heterocycles. The lowest BCUT2D eigenvalue weighted by Crippen LogP contribution is -3.00. The highest BCUT2D eigenvalue weighted by Crippen LogP contribution is 1.91. The van der Waals surface area contributed by atoms with Crippen molar-refractivity contribution < 1.29 is 17.0 Å². The van der Waals surface area contributed by atoms with Gasteiger partial charge in [-0.3, -0.25) is 0 Å². The Morgan fingerprint density at radius 3 is 2.73 bits per heavy atom. The Bertz CT molecular complexity index is 233. The first-order valence-electron chi connectivity index (χ1n) is 3.49. The van der Waals surface area contributed by atoms with Crippen LogP contribution in [0.3, 0.4) is 0 Å². The molecule has 0 saturated carbocycles. The van der Waals surface area contributed by atoms with Crippen molar-refractivity contribution in [3.8, 4) is 0 Å². The lowest BCUT2D eigenvalue weighted by molar-refractivity contribution is -0.695. The fourth-order valence-corrected chi connectivity index (χ4v) is 0.963. The molecule has 0 amide bonds. The van der Waals surface area contributed by atoms with Crippen molar-refractivity contribution in [3.63, 3.8) is 0 Å². The van der Waals surface area contributed by atoms with E-state index in [1.54, 1.807) is 0 Å². The van der Waals surface area contributed by atoms with Gasteiger partial charge < -0.3 is 12.4 Å². The first-order valence-corrected chi connectivity index (χ1v) is 3.49. The maximum Gasteiger partial charge on any atom is 0.204 e. The van der Waals surface area contributed by atoms with Gasteiger partial charge in [-0.25, -0.2) is 0 Å². The first-order chi connectivity index (χ1) is 4.88. The highest BCUT2D eigenvalue weighted by atomic mass is 35.5. The summed E-state index contributed by atoms with van der Waals surface area (Å²) in [6.07, 6.45) is 3.92. The maximum absolute atomic E-state index is 3.72. The van der Waals surface area contributed by atoms with Gasteiger partial charge in [-0.15, -0.1) is 0 Å². The average molecular weight is 170 g/mol. The Morgan fingerprint density at radius 2 is 2.27 bits per heavy atom. The van der Waals surface area contributed by atoms with Crippen LogP contribution in [0.4, 0.5) is 0 Å². The molecule has 11 heavy (non-hydrogen) atoms. The molecule has 0 bridgehead atoms. The van der Waals surface area contributed by atoms with Crippen molar-refractivity contribution >= 4 is 6.08 Å². The third-order valence-electron chi connectivity index (χ3n) is 1.53. The molecule has 1 aromatic heterocycles. The molecule has 60 valence electrons. The summed E-state index contributed by atoms with van der Waals surface area (Å²) in [7, 11) is 0. The van der Waals surface area contributed by atoms with E-state index in [1.807, 2.05) is 18.2 Å². The summed E-state index contributed by atoms with van der Waals surface area (Å²) < 4.78 is 2.15. The number of hydrogen-bond donors (Lipinski definition) is 0. The molecule has 1 nitrogen and oxygen atoms in total. The van der Waals surface area contributed by atoms with Crippen LogP contribution in [0.15, 0.2) is 31.0 Å². The lowest BCUT2D eigenvalue weighted by atomic mass is 10.3. The van der Waals surface area contributed by atoms with Crippen LogP contribution < -0.4 is 17.0 Å². The fraction of sp³-hybridized carbons (Fsp3) is 0.222. The van der Waals surface area contributed by atoms with Gasteiger partial charge in [0.15, 0.2) is 6.20 Å². The molecule has 2 heteroatoms. The van der Waals surface area contributed by atoms with Gasteiger partial charge in [0.2, 0.25) is 5.69 Å². The number of halogens is 1. The van der Waals surface area contributed by atoms with Crippen LogP contribution in [0.25, 0.3) is 6.08 Å². The smallest absolute Gasteiger partial charge is 0.204 e. The van der Waals surface area contributed by atoms with Crippen LogP contribution in [-0.2, 0) is 6.54 Å². The van der Waals surface area contributed by atoms with Gasteiger partial charge in [-0.1, -0.05) is 6.58 Å². The number of pyridine rings is 1. The van der Waals surface area contributed by atoms with Gasteiger partial charge in [-0.2, -0.15) is 4.57 Å². The summed E-state index contributed by atoms with van der Waals surface area (Å²) in [6, 6.07) is 6.09. The van der Waals surface area contributed by atoms with Gasteiger partial charge in [0.05, 0.1) is 0 Å². The maximum atomic E-state index is 3.72. The third-order valence-corrected chi connectivity index (χ3v) is 1.53. The number of nitrogens with zero attached hydrogens (tertiary/aromatic N) is 1. The normalized spacial score (nSPS) is 8.45. The molecule has 0 aliphatic heterocycles. The van der Waals surface area contributed by atoms with E-state index >= 15 is 0 Å². The van der Waals surface area contributed by atoms with Crippen molar-refractivity contribution in [3.05, 3.63) is 36.7 Å². The monoisotopic (exact) mass is 169 g/mol. The minimum atomic E-state index is 0. The summed E-state index contributed by atoms with van der Waals surface area (Å²) in [5.74, 6) is 0. The topological polar surface area (TPSA) is 3.88 Å². The van der Waals surface area contributed by atoms with Crippen molar-refractivity contribution in [1.82, 2.24) is 0 Å². The average Bonchev–Trinajstić information content (AvgIpc) is 2.04. The highest BCUT2D eigenvalue weighted by Gasteiger charge is 1.99. The van der Waals surface area contributed by atoms with Crippen LogP contribution in [0.2, 0.25) is 0 Å². The van der Waals surface area contributed by atoms with Gasteiger partial charge in [0.1, 0.15) is 6.54 Å². The predicted octanol–water partition coefficient (Wildman–Crippen LogP) is -1.36. The Labute approximate surface area is 73.8 Å². The van der Waals surface area contributed by atoms with E-state index in [0.29, 0.717) is 0 Å². The molecule has 0 aliphatic rings. The van der Waals surface area contributed by atoms with E-state index in [0.717, 1.165) is 6.54 Å². The molecule has 0 fully saturated rings. The summed E-state index contributed by atoms with van der Waals surface area (Å²) >= 11 is 0. The zero-order valence-electron chi connectivity index (χ0n) is 6.63. The first kappa shape index (κ1) is 10.2. The van der Waals surface area contributed by atoms with Crippen molar-refractivity contribution in [2.75, 3.05) is 0 Å². The highest BCUT2D eigenvalue weighted by molar-refractivity contribution is 5.36. The Balaban J connectivity index is 0.000001000. The lowest BCUT2D eigenvalue weighted by Gasteiger charge is -1.93. The van der Waals surface area contributed by atoms with E-state index in [-0.39, 0.29) is 12.4 Å². The SMILES string of the molecule is C=Cc1cccc[n+]1CC.[Cl-]. The van der Waals surface area contributed by atoms with E-state index in [4.69, 9.17) is 0 Å². The van der Waals surface area contributed by atoms with Crippen LogP contribution in [-0.4, -0.2) is 0 Å². The van der Waals surface area contributed by atoms with Crippen LogP contribution in [0.1, 0.15) is 12.6 Å². The second-order valence-corrected chi connectivity index (χ2v) is 2.12. The number of aromatic nitrogens is 1. The third kappa shape index (κ3) is 2.35.